The number of para-hydroxylation sites is 3. The highest BCUT2D eigenvalue weighted by Crippen LogP contribution is 2.40. The Morgan fingerprint density at radius 1 is 0.356 bits per heavy atom. The lowest BCUT2D eigenvalue weighted by Gasteiger charge is -2.25. The zero-order chi connectivity index (χ0) is 38.9. The van der Waals surface area contributed by atoms with Crippen molar-refractivity contribution in [3.63, 3.8) is 0 Å². The fourth-order valence-corrected chi connectivity index (χ4v) is 8.91. The molecule has 0 saturated carbocycles. The Bertz CT molecular complexity index is 3490. The van der Waals surface area contributed by atoms with Gasteiger partial charge in [-0.1, -0.05) is 133 Å². The number of aromatic nitrogens is 2. The Balaban J connectivity index is 0.900. The molecule has 0 atom stereocenters. The standard InChI is InChI=1S/C55H35N3O/c1-3-11-42(12-4-1)58(43-13-5-2-6-14-43)44-27-23-37(24-28-44)36-19-21-38(22-20-36)39-25-29-48-49(33-39)45-15-7-8-17-47(45)54-55(48)57-32-31-41(35-53(57)56-54)40-26-30-52-50(34-40)46-16-9-10-18-51(46)59-52/h1-35H. The van der Waals surface area contributed by atoms with Crippen LogP contribution in [0.25, 0.3) is 93.5 Å². The van der Waals surface area contributed by atoms with Crippen molar-refractivity contribution in [1.82, 2.24) is 9.38 Å². The molecule has 0 spiro atoms. The quantitative estimate of drug-likeness (QED) is 0.159. The molecule has 0 aliphatic rings. The van der Waals surface area contributed by atoms with Gasteiger partial charge in [0.15, 0.2) is 0 Å². The maximum absolute atomic E-state index is 6.11. The van der Waals surface area contributed by atoms with Gasteiger partial charge in [0.1, 0.15) is 16.8 Å². The van der Waals surface area contributed by atoms with E-state index in [1.54, 1.807) is 0 Å². The largest absolute Gasteiger partial charge is 0.456 e. The summed E-state index contributed by atoms with van der Waals surface area (Å²) in [7, 11) is 0. The van der Waals surface area contributed by atoms with E-state index in [9.17, 15) is 0 Å². The van der Waals surface area contributed by atoms with Crippen molar-refractivity contribution >= 4 is 77.2 Å². The summed E-state index contributed by atoms with van der Waals surface area (Å²) in [5.41, 5.74) is 15.2. The molecule has 276 valence electrons. The van der Waals surface area contributed by atoms with Gasteiger partial charge in [0, 0.05) is 44.8 Å². The molecule has 3 heterocycles. The molecule has 4 heteroatoms. The second-order valence-electron chi connectivity index (χ2n) is 15.2. The second kappa shape index (κ2) is 13.3. The van der Waals surface area contributed by atoms with Crippen LogP contribution in [0.3, 0.4) is 0 Å². The van der Waals surface area contributed by atoms with Gasteiger partial charge in [0.2, 0.25) is 0 Å². The van der Waals surface area contributed by atoms with Crippen molar-refractivity contribution < 1.29 is 4.42 Å². The molecule has 0 unspecified atom stereocenters. The summed E-state index contributed by atoms with van der Waals surface area (Å²) in [6.07, 6.45) is 2.17. The van der Waals surface area contributed by atoms with E-state index in [2.05, 4.69) is 210 Å². The molecule has 0 N–H and O–H groups in total. The molecule has 0 amide bonds. The third-order valence-corrected chi connectivity index (χ3v) is 11.8. The number of furan rings is 1. The van der Waals surface area contributed by atoms with Crippen molar-refractivity contribution in [3.8, 4) is 33.4 Å². The van der Waals surface area contributed by atoms with Crippen LogP contribution >= 0.6 is 0 Å². The van der Waals surface area contributed by atoms with E-state index in [4.69, 9.17) is 9.40 Å². The van der Waals surface area contributed by atoms with Crippen molar-refractivity contribution in [2.45, 2.75) is 0 Å². The van der Waals surface area contributed by atoms with Crippen LogP contribution in [0.1, 0.15) is 0 Å². The number of anilines is 3. The van der Waals surface area contributed by atoms with Crippen LogP contribution in [0.5, 0.6) is 0 Å². The third-order valence-electron chi connectivity index (χ3n) is 11.8. The minimum Gasteiger partial charge on any atom is -0.456 e. The van der Waals surface area contributed by atoms with Crippen LogP contribution in [-0.2, 0) is 0 Å². The fourth-order valence-electron chi connectivity index (χ4n) is 8.91. The number of nitrogens with zero attached hydrogens (tertiary/aromatic N) is 3. The zero-order valence-corrected chi connectivity index (χ0v) is 32.0. The normalized spacial score (nSPS) is 11.7. The summed E-state index contributed by atoms with van der Waals surface area (Å²) in [5.74, 6) is 0. The van der Waals surface area contributed by atoms with E-state index < -0.39 is 0 Å². The predicted octanol–water partition coefficient (Wildman–Crippen LogP) is 15.2. The second-order valence-corrected chi connectivity index (χ2v) is 15.2. The maximum Gasteiger partial charge on any atom is 0.138 e. The van der Waals surface area contributed by atoms with Gasteiger partial charge in [-0.25, -0.2) is 4.98 Å². The summed E-state index contributed by atoms with van der Waals surface area (Å²) in [4.78, 5) is 7.58. The average Bonchev–Trinajstić information content (AvgIpc) is 3.89. The van der Waals surface area contributed by atoms with E-state index in [1.807, 2.05) is 12.1 Å². The maximum atomic E-state index is 6.11. The lowest BCUT2D eigenvalue weighted by molar-refractivity contribution is 0.669. The minimum absolute atomic E-state index is 0.899. The minimum atomic E-state index is 0.899. The van der Waals surface area contributed by atoms with Gasteiger partial charge in [-0.15, -0.1) is 0 Å². The monoisotopic (exact) mass is 753 g/mol. The van der Waals surface area contributed by atoms with Gasteiger partial charge in [0.25, 0.3) is 0 Å². The number of pyridine rings is 1. The van der Waals surface area contributed by atoms with Gasteiger partial charge in [-0.2, -0.15) is 0 Å². The lowest BCUT2D eigenvalue weighted by Crippen LogP contribution is -2.09. The van der Waals surface area contributed by atoms with E-state index in [1.165, 1.54) is 38.4 Å². The summed E-state index contributed by atoms with van der Waals surface area (Å²) >= 11 is 0. The van der Waals surface area contributed by atoms with Crippen molar-refractivity contribution in [2.75, 3.05) is 4.90 Å². The number of fused-ring (bicyclic) bond motifs is 11. The first-order valence-electron chi connectivity index (χ1n) is 20.0. The molecule has 4 nitrogen and oxygen atoms in total. The molecule has 12 rings (SSSR count). The van der Waals surface area contributed by atoms with Crippen LogP contribution in [0.4, 0.5) is 17.1 Å². The molecule has 0 radical (unpaired) electrons. The van der Waals surface area contributed by atoms with Gasteiger partial charge in [-0.05, 0) is 117 Å². The van der Waals surface area contributed by atoms with Gasteiger partial charge < -0.3 is 9.32 Å². The Labute approximate surface area is 340 Å². The number of rotatable bonds is 6. The Morgan fingerprint density at radius 2 is 0.864 bits per heavy atom. The van der Waals surface area contributed by atoms with Crippen LogP contribution < -0.4 is 4.90 Å². The van der Waals surface area contributed by atoms with Crippen LogP contribution in [0, 0.1) is 0 Å². The van der Waals surface area contributed by atoms with Crippen molar-refractivity contribution in [2.24, 2.45) is 0 Å². The van der Waals surface area contributed by atoms with E-state index in [0.29, 0.717) is 0 Å². The van der Waals surface area contributed by atoms with Gasteiger partial charge in [0.05, 0.1) is 11.0 Å². The van der Waals surface area contributed by atoms with Gasteiger partial charge >= 0.3 is 0 Å². The molecule has 12 aromatic rings. The number of benzene rings is 9. The third kappa shape index (κ3) is 5.49. The van der Waals surface area contributed by atoms with Gasteiger partial charge in [-0.3, -0.25) is 4.40 Å². The summed E-state index contributed by atoms with van der Waals surface area (Å²) < 4.78 is 8.36. The Morgan fingerprint density at radius 3 is 1.59 bits per heavy atom. The fraction of sp³-hybridized carbons (Fsp3) is 0. The molecule has 0 aliphatic heterocycles. The molecule has 59 heavy (non-hydrogen) atoms. The summed E-state index contributed by atoms with van der Waals surface area (Å²) in [6, 6.07) is 73.5. The van der Waals surface area contributed by atoms with Crippen LogP contribution in [0.2, 0.25) is 0 Å². The predicted molar refractivity (Wildman–Crippen MR) is 246 cm³/mol. The van der Waals surface area contributed by atoms with Crippen molar-refractivity contribution in [3.05, 3.63) is 212 Å². The Kier molecular flexibility index (Phi) is 7.50. The molecular formula is C55H35N3O. The molecular weight excluding hydrogens is 719 g/mol. The van der Waals surface area contributed by atoms with Crippen molar-refractivity contribution in [1.29, 1.82) is 0 Å². The number of hydrogen-bond acceptors (Lipinski definition) is 3. The highest BCUT2D eigenvalue weighted by Gasteiger charge is 2.17. The van der Waals surface area contributed by atoms with E-state index in [0.717, 1.165) is 72.2 Å². The highest BCUT2D eigenvalue weighted by atomic mass is 16.3. The SMILES string of the molecule is c1ccc(N(c2ccccc2)c2ccc(-c3ccc(-c4ccc5c(c4)c4ccccc4c4nc6cc(-c7ccc8oc9ccccc9c8c7)ccn6c54)cc3)cc2)cc1. The first-order valence-corrected chi connectivity index (χ1v) is 20.0. The first-order chi connectivity index (χ1) is 29.2. The molecule has 0 saturated heterocycles. The summed E-state index contributed by atoms with van der Waals surface area (Å²) in [5, 5.41) is 7.01. The number of hydrogen-bond donors (Lipinski definition) is 0. The summed E-state index contributed by atoms with van der Waals surface area (Å²) in [6.45, 7) is 0. The zero-order valence-electron chi connectivity index (χ0n) is 32.0. The van der Waals surface area contributed by atoms with E-state index >= 15 is 0 Å². The van der Waals surface area contributed by atoms with E-state index in [-0.39, 0.29) is 0 Å². The molecule has 0 aliphatic carbocycles. The molecule has 3 aromatic heterocycles. The van der Waals surface area contributed by atoms with Crippen LogP contribution in [-0.4, -0.2) is 9.38 Å². The molecule has 9 aromatic carbocycles. The molecule has 0 fully saturated rings. The lowest BCUT2D eigenvalue weighted by atomic mass is 9.95. The first kappa shape index (κ1) is 33.2. The highest BCUT2D eigenvalue weighted by molar-refractivity contribution is 6.24. The topological polar surface area (TPSA) is 33.7 Å². The van der Waals surface area contributed by atoms with Crippen LogP contribution in [0.15, 0.2) is 217 Å². The smallest absolute Gasteiger partial charge is 0.138 e. The molecule has 0 bridgehead atoms. The average molecular weight is 754 g/mol. The number of imidazole rings is 1. The Hall–Kier alpha value is -7.95.